The van der Waals surface area contributed by atoms with Gasteiger partial charge in [-0.1, -0.05) is 6.58 Å². The van der Waals surface area contributed by atoms with Crippen molar-refractivity contribution in [2.45, 2.75) is 6.10 Å². The molecule has 1 unspecified atom stereocenters. The molecule has 0 fully saturated rings. The van der Waals surface area contributed by atoms with Gasteiger partial charge in [0.2, 0.25) is 0 Å². The molecule has 0 rings (SSSR count). The highest BCUT2D eigenvalue weighted by molar-refractivity contribution is 5.97. The number of hydrogen-bond donors (Lipinski definition) is 1. The van der Waals surface area contributed by atoms with E-state index >= 15 is 0 Å². The first-order valence-electron chi connectivity index (χ1n) is 2.71. The molecule has 1 N–H and O–H groups in total. The molecule has 0 saturated heterocycles. The number of hydrogen-bond acceptors (Lipinski definition) is 3. The highest BCUT2D eigenvalue weighted by atomic mass is 28.2. The molecule has 3 nitrogen and oxygen atoms in total. The van der Waals surface area contributed by atoms with Gasteiger partial charge in [0.15, 0.2) is 0 Å². The van der Waals surface area contributed by atoms with Crippen LogP contribution < -0.4 is 0 Å². The Morgan fingerprint density at radius 2 is 2.44 bits per heavy atom. The third-order valence-corrected chi connectivity index (χ3v) is 1.18. The zero-order chi connectivity index (χ0) is 7.11. The maximum Gasteiger partial charge on any atom is 0.146 e. The second-order valence-electron chi connectivity index (χ2n) is 1.56. The van der Waals surface area contributed by atoms with E-state index in [0.29, 0.717) is 17.1 Å². The molecule has 4 heteroatoms. The molecule has 0 heterocycles. The Bertz CT molecular complexity index is 76.6. The predicted octanol–water partition coefficient (Wildman–Crippen LogP) is -1.20. The third-order valence-electron chi connectivity index (χ3n) is 0.845. The second kappa shape index (κ2) is 5.81. The topological polar surface area (TPSA) is 38.7 Å². The van der Waals surface area contributed by atoms with Crippen LogP contribution in [0.25, 0.3) is 0 Å². The van der Waals surface area contributed by atoms with Crippen molar-refractivity contribution >= 4 is 10.5 Å². The maximum absolute atomic E-state index is 8.55. The fourth-order valence-corrected chi connectivity index (χ4v) is 0.829. The summed E-state index contributed by atoms with van der Waals surface area (Å²) in [6, 6.07) is 0. The lowest BCUT2D eigenvalue weighted by Crippen LogP contribution is -2.21. The van der Waals surface area contributed by atoms with E-state index in [0.717, 1.165) is 0 Å². The van der Waals surface area contributed by atoms with Gasteiger partial charge >= 0.3 is 0 Å². The predicted molar refractivity (Wildman–Crippen MR) is 38.0 cm³/mol. The summed E-state index contributed by atoms with van der Waals surface area (Å²) in [5.74, 6) is 0. The van der Waals surface area contributed by atoms with Crippen molar-refractivity contribution in [3.63, 3.8) is 0 Å². The van der Waals surface area contributed by atoms with Crippen LogP contribution in [0.4, 0.5) is 0 Å². The summed E-state index contributed by atoms with van der Waals surface area (Å²) in [6.07, 6.45) is 1.07. The molecule has 0 aromatic carbocycles. The Morgan fingerprint density at radius 3 is 2.78 bits per heavy atom. The summed E-state index contributed by atoms with van der Waals surface area (Å²) in [5.41, 5.74) is 0. The SMILES string of the molecule is C=COC(CO)CO[SiH3]. The molecule has 0 bridgehead atoms. The van der Waals surface area contributed by atoms with Gasteiger partial charge in [-0.25, -0.2) is 0 Å². The summed E-state index contributed by atoms with van der Waals surface area (Å²) in [6.45, 7) is 3.79. The first kappa shape index (κ1) is 8.68. The van der Waals surface area contributed by atoms with E-state index < -0.39 is 0 Å². The largest absolute Gasteiger partial charge is 0.494 e. The third kappa shape index (κ3) is 4.20. The van der Waals surface area contributed by atoms with E-state index in [1.165, 1.54) is 6.26 Å². The van der Waals surface area contributed by atoms with Crippen LogP contribution in [0.3, 0.4) is 0 Å². The van der Waals surface area contributed by atoms with E-state index in [1.54, 1.807) is 0 Å². The smallest absolute Gasteiger partial charge is 0.146 e. The molecular formula is C5H12O3Si. The van der Waals surface area contributed by atoms with Crippen LogP contribution in [0.2, 0.25) is 0 Å². The average molecular weight is 148 g/mol. The number of ether oxygens (including phenoxy) is 1. The van der Waals surface area contributed by atoms with Gasteiger partial charge in [-0.05, 0) is 0 Å². The lowest BCUT2D eigenvalue weighted by molar-refractivity contribution is 0.0431. The van der Waals surface area contributed by atoms with Crippen molar-refractivity contribution in [3.8, 4) is 0 Å². The Kier molecular flexibility index (Phi) is 5.60. The van der Waals surface area contributed by atoms with Gasteiger partial charge in [0.05, 0.1) is 19.5 Å². The molecule has 0 amide bonds. The average Bonchev–Trinajstić information content (AvgIpc) is 1.88. The van der Waals surface area contributed by atoms with Gasteiger partial charge in [0.25, 0.3) is 0 Å². The van der Waals surface area contributed by atoms with Crippen LogP contribution >= 0.6 is 0 Å². The van der Waals surface area contributed by atoms with Crippen LogP contribution in [0.1, 0.15) is 0 Å². The fraction of sp³-hybridized carbons (Fsp3) is 0.600. The van der Waals surface area contributed by atoms with Gasteiger partial charge in [-0.3, -0.25) is 0 Å². The Hall–Kier alpha value is -0.323. The molecule has 0 aromatic heterocycles. The van der Waals surface area contributed by atoms with E-state index in [1.807, 2.05) is 0 Å². The highest BCUT2D eigenvalue weighted by Crippen LogP contribution is 1.90. The van der Waals surface area contributed by atoms with E-state index in [2.05, 4.69) is 6.58 Å². The first-order valence-corrected chi connectivity index (χ1v) is 3.53. The number of aliphatic hydroxyl groups is 1. The van der Waals surface area contributed by atoms with E-state index in [-0.39, 0.29) is 12.7 Å². The Morgan fingerprint density at radius 1 is 1.78 bits per heavy atom. The van der Waals surface area contributed by atoms with Gasteiger partial charge < -0.3 is 14.3 Å². The summed E-state index contributed by atoms with van der Waals surface area (Å²) in [4.78, 5) is 0. The minimum absolute atomic E-state index is 0.0196. The van der Waals surface area contributed by atoms with Gasteiger partial charge in [-0.2, -0.15) is 0 Å². The minimum atomic E-state index is -0.236. The van der Waals surface area contributed by atoms with Crippen LogP contribution in [-0.2, 0) is 9.16 Å². The quantitative estimate of drug-likeness (QED) is 0.393. The van der Waals surface area contributed by atoms with Crippen LogP contribution in [0.15, 0.2) is 12.8 Å². The molecular weight excluding hydrogens is 136 g/mol. The summed E-state index contributed by atoms with van der Waals surface area (Å²) >= 11 is 0. The summed E-state index contributed by atoms with van der Waals surface area (Å²) in [5, 5.41) is 8.55. The molecule has 0 aliphatic carbocycles. The van der Waals surface area contributed by atoms with E-state index in [4.69, 9.17) is 14.3 Å². The minimum Gasteiger partial charge on any atom is -0.494 e. The van der Waals surface area contributed by atoms with Gasteiger partial charge in [0, 0.05) is 0 Å². The van der Waals surface area contributed by atoms with Gasteiger partial charge in [0.1, 0.15) is 16.6 Å². The van der Waals surface area contributed by atoms with E-state index in [9.17, 15) is 0 Å². The summed E-state index contributed by atoms with van der Waals surface area (Å²) in [7, 11) is 0.673. The molecule has 0 radical (unpaired) electrons. The Balaban J connectivity index is 3.28. The fourth-order valence-electron chi connectivity index (χ4n) is 0.457. The molecule has 0 aliphatic rings. The molecule has 54 valence electrons. The van der Waals surface area contributed by atoms with Crippen LogP contribution in [0, 0.1) is 0 Å². The highest BCUT2D eigenvalue weighted by Gasteiger charge is 2.02. The molecule has 0 aliphatic heterocycles. The molecule has 9 heavy (non-hydrogen) atoms. The van der Waals surface area contributed by atoms with Gasteiger partial charge in [-0.15, -0.1) is 0 Å². The number of aliphatic hydroxyl groups excluding tert-OH is 1. The van der Waals surface area contributed by atoms with Crippen molar-refractivity contribution in [3.05, 3.63) is 12.8 Å². The van der Waals surface area contributed by atoms with Crippen molar-refractivity contribution in [2.24, 2.45) is 0 Å². The zero-order valence-corrected chi connectivity index (χ0v) is 7.54. The van der Waals surface area contributed by atoms with Crippen molar-refractivity contribution < 1.29 is 14.3 Å². The summed E-state index contributed by atoms with van der Waals surface area (Å²) < 4.78 is 9.70. The molecule has 0 saturated carbocycles. The lowest BCUT2D eigenvalue weighted by atomic mass is 10.4. The van der Waals surface area contributed by atoms with Crippen LogP contribution in [0.5, 0.6) is 0 Å². The zero-order valence-electron chi connectivity index (χ0n) is 5.54. The standard InChI is InChI=1S/C5H12O3Si/c1-2-7-5(3-6)4-8-9/h2,5-6H,1,3-4H2,9H3. The molecule has 1 atom stereocenters. The van der Waals surface area contributed by atoms with Crippen LogP contribution in [-0.4, -0.2) is 34.9 Å². The lowest BCUT2D eigenvalue weighted by Gasteiger charge is -2.11. The van der Waals surface area contributed by atoms with Crippen molar-refractivity contribution in [2.75, 3.05) is 13.2 Å². The maximum atomic E-state index is 8.55. The molecule has 0 spiro atoms. The monoisotopic (exact) mass is 148 g/mol. The first-order chi connectivity index (χ1) is 4.35. The number of rotatable bonds is 5. The van der Waals surface area contributed by atoms with Crippen molar-refractivity contribution in [1.29, 1.82) is 0 Å². The molecule has 0 aromatic rings. The Labute approximate surface area is 57.8 Å². The second-order valence-corrected chi connectivity index (χ2v) is 2.14. The normalized spacial score (nSPS) is 13.0. The van der Waals surface area contributed by atoms with Crippen molar-refractivity contribution in [1.82, 2.24) is 0 Å².